The van der Waals surface area contributed by atoms with Crippen LogP contribution >= 0.6 is 0 Å². The van der Waals surface area contributed by atoms with Gasteiger partial charge in [-0.05, 0) is 51.5 Å². The fraction of sp³-hybridized carbons (Fsp3) is 1.00. The van der Waals surface area contributed by atoms with Gasteiger partial charge in [0, 0.05) is 24.7 Å². The third-order valence-electron chi connectivity index (χ3n) is 5.24. The number of nitrogens with zero attached hydrogens (tertiary/aromatic N) is 1. The van der Waals surface area contributed by atoms with Crippen molar-refractivity contribution in [1.82, 2.24) is 10.2 Å². The molecule has 4 unspecified atom stereocenters. The Morgan fingerprint density at radius 3 is 2.45 bits per heavy atom. The Kier molecular flexibility index (Phi) is 8.13. The van der Waals surface area contributed by atoms with E-state index in [4.69, 9.17) is 0 Å². The molecule has 2 heteroatoms. The normalized spacial score (nSPS) is 29.9. The van der Waals surface area contributed by atoms with Crippen LogP contribution in [0.2, 0.25) is 0 Å². The van der Waals surface area contributed by atoms with E-state index in [2.05, 4.69) is 51.8 Å². The largest absolute Gasteiger partial charge is 0.314 e. The molecule has 0 aliphatic carbocycles. The molecule has 4 atom stereocenters. The number of likely N-dealkylation sites (tertiary alicyclic amines) is 1. The van der Waals surface area contributed by atoms with Crippen molar-refractivity contribution in [3.63, 3.8) is 0 Å². The van der Waals surface area contributed by atoms with Gasteiger partial charge in [0.2, 0.25) is 0 Å². The first kappa shape index (κ1) is 18.0. The Labute approximate surface area is 127 Å². The summed E-state index contributed by atoms with van der Waals surface area (Å²) in [5, 5.41) is 3.74. The van der Waals surface area contributed by atoms with Gasteiger partial charge in [0.15, 0.2) is 0 Å². The minimum atomic E-state index is 0.715. The van der Waals surface area contributed by atoms with Crippen LogP contribution in [0.1, 0.15) is 73.6 Å². The Hall–Kier alpha value is -0.0800. The van der Waals surface area contributed by atoms with Crippen LogP contribution in [0.15, 0.2) is 0 Å². The van der Waals surface area contributed by atoms with E-state index in [9.17, 15) is 0 Å². The van der Waals surface area contributed by atoms with Crippen molar-refractivity contribution in [1.29, 1.82) is 0 Å². The molecule has 1 rings (SSSR count). The summed E-state index contributed by atoms with van der Waals surface area (Å²) in [5.41, 5.74) is 0. The van der Waals surface area contributed by atoms with Crippen LogP contribution in [0.3, 0.4) is 0 Å². The minimum Gasteiger partial charge on any atom is -0.314 e. The van der Waals surface area contributed by atoms with Crippen LogP contribution in [0, 0.1) is 11.8 Å². The SMILES string of the molecule is CCCNC1CCN(C(C)CCCC(C)C)C(C)C1C. The Bertz CT molecular complexity index is 252. The molecule has 0 amide bonds. The summed E-state index contributed by atoms with van der Waals surface area (Å²) < 4.78 is 0. The van der Waals surface area contributed by atoms with Gasteiger partial charge in [-0.1, -0.05) is 40.5 Å². The highest BCUT2D eigenvalue weighted by Crippen LogP contribution is 2.27. The minimum absolute atomic E-state index is 0.715. The van der Waals surface area contributed by atoms with E-state index in [0.29, 0.717) is 6.04 Å². The Morgan fingerprint density at radius 2 is 1.85 bits per heavy atom. The zero-order chi connectivity index (χ0) is 15.1. The van der Waals surface area contributed by atoms with Gasteiger partial charge in [-0.2, -0.15) is 0 Å². The molecule has 0 aromatic rings. The monoisotopic (exact) mass is 282 g/mol. The van der Waals surface area contributed by atoms with Gasteiger partial charge in [0.05, 0.1) is 0 Å². The predicted molar refractivity (Wildman–Crippen MR) is 90.2 cm³/mol. The second-order valence-corrected chi connectivity index (χ2v) is 7.36. The van der Waals surface area contributed by atoms with E-state index in [1.54, 1.807) is 0 Å². The summed E-state index contributed by atoms with van der Waals surface area (Å²) in [6, 6.07) is 2.19. The smallest absolute Gasteiger partial charge is 0.0120 e. The molecule has 0 aromatic heterocycles. The lowest BCUT2D eigenvalue weighted by Crippen LogP contribution is -2.55. The van der Waals surface area contributed by atoms with Gasteiger partial charge in [-0.15, -0.1) is 0 Å². The summed E-state index contributed by atoms with van der Waals surface area (Å²) in [6.07, 6.45) is 6.69. The third-order valence-corrected chi connectivity index (χ3v) is 5.24. The van der Waals surface area contributed by atoms with Crippen molar-refractivity contribution < 1.29 is 0 Å². The topological polar surface area (TPSA) is 15.3 Å². The predicted octanol–water partition coefficient (Wildman–Crippen LogP) is 4.30. The van der Waals surface area contributed by atoms with Crippen molar-refractivity contribution >= 4 is 0 Å². The molecule has 1 heterocycles. The molecule has 1 N–H and O–H groups in total. The second-order valence-electron chi connectivity index (χ2n) is 7.36. The van der Waals surface area contributed by atoms with Crippen LogP contribution in [-0.4, -0.2) is 36.1 Å². The summed E-state index contributed by atoms with van der Waals surface area (Å²) in [4.78, 5) is 2.76. The maximum Gasteiger partial charge on any atom is 0.0120 e. The first-order valence-electron chi connectivity index (χ1n) is 8.96. The second kappa shape index (κ2) is 9.04. The van der Waals surface area contributed by atoms with Crippen LogP contribution in [-0.2, 0) is 0 Å². The number of rotatable bonds is 8. The van der Waals surface area contributed by atoms with E-state index in [1.807, 2.05) is 0 Å². The molecule has 120 valence electrons. The van der Waals surface area contributed by atoms with E-state index in [-0.39, 0.29) is 0 Å². The van der Waals surface area contributed by atoms with Crippen LogP contribution in [0.25, 0.3) is 0 Å². The molecule has 1 saturated heterocycles. The van der Waals surface area contributed by atoms with Gasteiger partial charge in [0.1, 0.15) is 0 Å². The lowest BCUT2D eigenvalue weighted by Gasteiger charge is -2.46. The molecule has 1 fully saturated rings. The number of hydrogen-bond donors (Lipinski definition) is 1. The standard InChI is InChI=1S/C18H38N2/c1-7-12-19-18-11-13-20(17(6)16(18)5)15(4)10-8-9-14(2)3/h14-19H,7-13H2,1-6H3. The summed E-state index contributed by atoms with van der Waals surface area (Å²) >= 11 is 0. The molecule has 1 aliphatic heterocycles. The highest BCUT2D eigenvalue weighted by molar-refractivity contribution is 4.90. The zero-order valence-electron chi connectivity index (χ0n) is 14.8. The van der Waals surface area contributed by atoms with Crippen molar-refractivity contribution in [3.8, 4) is 0 Å². The average Bonchev–Trinajstić information content (AvgIpc) is 2.40. The van der Waals surface area contributed by atoms with Crippen molar-refractivity contribution in [2.24, 2.45) is 11.8 Å². The number of nitrogens with one attached hydrogen (secondary N) is 1. The molecule has 0 bridgehead atoms. The lowest BCUT2D eigenvalue weighted by atomic mass is 9.85. The molecule has 2 nitrogen and oxygen atoms in total. The highest BCUT2D eigenvalue weighted by atomic mass is 15.2. The van der Waals surface area contributed by atoms with E-state index >= 15 is 0 Å². The van der Waals surface area contributed by atoms with Gasteiger partial charge in [-0.25, -0.2) is 0 Å². The van der Waals surface area contributed by atoms with Crippen LogP contribution < -0.4 is 5.32 Å². The Morgan fingerprint density at radius 1 is 1.15 bits per heavy atom. The Balaban J connectivity index is 2.40. The number of hydrogen-bond acceptors (Lipinski definition) is 2. The molecular formula is C18H38N2. The first-order chi connectivity index (χ1) is 9.47. The molecule has 20 heavy (non-hydrogen) atoms. The highest BCUT2D eigenvalue weighted by Gasteiger charge is 2.33. The fourth-order valence-corrected chi connectivity index (χ4v) is 3.62. The fourth-order valence-electron chi connectivity index (χ4n) is 3.62. The van der Waals surface area contributed by atoms with E-state index in [0.717, 1.165) is 23.9 Å². The van der Waals surface area contributed by atoms with E-state index in [1.165, 1.54) is 45.2 Å². The maximum absolute atomic E-state index is 3.74. The number of piperidine rings is 1. The molecule has 0 aromatic carbocycles. The van der Waals surface area contributed by atoms with Crippen molar-refractivity contribution in [3.05, 3.63) is 0 Å². The van der Waals surface area contributed by atoms with Gasteiger partial charge in [-0.3, -0.25) is 4.90 Å². The van der Waals surface area contributed by atoms with Crippen LogP contribution in [0.4, 0.5) is 0 Å². The molecule has 1 aliphatic rings. The van der Waals surface area contributed by atoms with Gasteiger partial charge >= 0.3 is 0 Å². The third kappa shape index (κ3) is 5.37. The first-order valence-corrected chi connectivity index (χ1v) is 8.96. The van der Waals surface area contributed by atoms with Gasteiger partial charge in [0.25, 0.3) is 0 Å². The van der Waals surface area contributed by atoms with Crippen LogP contribution in [0.5, 0.6) is 0 Å². The quantitative estimate of drug-likeness (QED) is 0.714. The molecule has 0 saturated carbocycles. The average molecular weight is 283 g/mol. The molecular weight excluding hydrogens is 244 g/mol. The summed E-state index contributed by atoms with van der Waals surface area (Å²) in [7, 11) is 0. The zero-order valence-corrected chi connectivity index (χ0v) is 14.8. The summed E-state index contributed by atoms with van der Waals surface area (Å²) in [5.74, 6) is 1.62. The van der Waals surface area contributed by atoms with Crippen molar-refractivity contribution in [2.75, 3.05) is 13.1 Å². The summed E-state index contributed by atoms with van der Waals surface area (Å²) in [6.45, 7) is 16.7. The van der Waals surface area contributed by atoms with E-state index < -0.39 is 0 Å². The molecule has 0 spiro atoms. The maximum atomic E-state index is 3.74. The lowest BCUT2D eigenvalue weighted by molar-refractivity contribution is 0.0487. The van der Waals surface area contributed by atoms with Gasteiger partial charge < -0.3 is 5.32 Å². The molecule has 0 radical (unpaired) electrons. The van der Waals surface area contributed by atoms with Crippen molar-refractivity contribution in [2.45, 2.75) is 91.8 Å².